The summed E-state index contributed by atoms with van der Waals surface area (Å²) in [6.07, 6.45) is 5.99. The van der Waals surface area contributed by atoms with Gasteiger partial charge in [0.1, 0.15) is 11.6 Å². The van der Waals surface area contributed by atoms with Gasteiger partial charge in [0.2, 0.25) is 5.91 Å². The fourth-order valence-electron chi connectivity index (χ4n) is 3.92. The molecule has 1 amide bonds. The molecule has 0 aliphatic heterocycles. The summed E-state index contributed by atoms with van der Waals surface area (Å²) in [4.78, 5) is 21.0. The standard InChI is InChI=1S/C27H35ClFN7O/c1-5-7-8-14-36(13-6-2)18-26(37)32-25-16-20(11-12-30-25)31-24-17-23(33-34-27(24)35(3)4)21-15-19(28)9-10-22(21)29/h9-12,15-17H,5-8,13-14,18H2,1-4H3,(H2,30,31,32,33,37). The summed E-state index contributed by atoms with van der Waals surface area (Å²) in [6.45, 7) is 6.39. The van der Waals surface area contributed by atoms with E-state index >= 15 is 0 Å². The Labute approximate surface area is 223 Å². The number of carbonyl (C=O) groups excluding carboxylic acids is 1. The molecule has 0 radical (unpaired) electrons. The van der Waals surface area contributed by atoms with E-state index in [9.17, 15) is 9.18 Å². The molecule has 0 fully saturated rings. The smallest absolute Gasteiger partial charge is 0.239 e. The van der Waals surface area contributed by atoms with Gasteiger partial charge in [-0.2, -0.15) is 0 Å². The first-order valence-electron chi connectivity index (χ1n) is 12.6. The molecule has 1 aromatic carbocycles. The van der Waals surface area contributed by atoms with Crippen LogP contribution in [0.4, 0.5) is 27.4 Å². The van der Waals surface area contributed by atoms with Gasteiger partial charge in [-0.15, -0.1) is 10.2 Å². The predicted molar refractivity (Wildman–Crippen MR) is 149 cm³/mol. The van der Waals surface area contributed by atoms with Gasteiger partial charge < -0.3 is 15.5 Å². The Balaban J connectivity index is 1.77. The first-order chi connectivity index (χ1) is 17.8. The minimum Gasteiger partial charge on any atom is -0.360 e. The summed E-state index contributed by atoms with van der Waals surface area (Å²) >= 11 is 6.07. The van der Waals surface area contributed by atoms with Crippen LogP contribution in [0.15, 0.2) is 42.6 Å². The minimum absolute atomic E-state index is 0.104. The molecule has 0 saturated heterocycles. The largest absolute Gasteiger partial charge is 0.360 e. The third kappa shape index (κ3) is 8.36. The van der Waals surface area contributed by atoms with Crippen LogP contribution in [-0.4, -0.2) is 59.7 Å². The maximum absolute atomic E-state index is 14.5. The van der Waals surface area contributed by atoms with Gasteiger partial charge in [-0.25, -0.2) is 9.37 Å². The van der Waals surface area contributed by atoms with E-state index in [2.05, 4.69) is 44.6 Å². The minimum atomic E-state index is -0.442. The van der Waals surface area contributed by atoms with Crippen LogP contribution < -0.4 is 15.5 Å². The lowest BCUT2D eigenvalue weighted by atomic mass is 10.1. The van der Waals surface area contributed by atoms with Crippen molar-refractivity contribution in [3.63, 3.8) is 0 Å². The average Bonchev–Trinajstić information content (AvgIpc) is 2.85. The second kappa shape index (κ2) is 13.9. The van der Waals surface area contributed by atoms with Crippen molar-refractivity contribution in [3.05, 3.63) is 53.4 Å². The zero-order valence-corrected chi connectivity index (χ0v) is 22.6. The third-order valence-electron chi connectivity index (χ3n) is 5.69. The molecule has 198 valence electrons. The van der Waals surface area contributed by atoms with Crippen LogP contribution in [0, 0.1) is 5.82 Å². The number of nitrogens with one attached hydrogen (secondary N) is 2. The summed E-state index contributed by atoms with van der Waals surface area (Å²) in [6, 6.07) is 9.55. The average molecular weight is 528 g/mol. The number of carbonyl (C=O) groups is 1. The van der Waals surface area contributed by atoms with Crippen LogP contribution in [0.25, 0.3) is 11.3 Å². The number of pyridine rings is 1. The van der Waals surface area contributed by atoms with Crippen LogP contribution in [0.3, 0.4) is 0 Å². The van der Waals surface area contributed by atoms with E-state index in [1.807, 2.05) is 14.1 Å². The number of hydrogen-bond donors (Lipinski definition) is 2. The summed E-state index contributed by atoms with van der Waals surface area (Å²) in [5.74, 6) is 0.459. The van der Waals surface area contributed by atoms with Crippen molar-refractivity contribution in [2.75, 3.05) is 49.3 Å². The van der Waals surface area contributed by atoms with Crippen LogP contribution in [-0.2, 0) is 4.79 Å². The zero-order chi connectivity index (χ0) is 26.8. The van der Waals surface area contributed by atoms with Gasteiger partial charge in [0, 0.05) is 42.6 Å². The van der Waals surface area contributed by atoms with Crippen LogP contribution >= 0.6 is 11.6 Å². The summed E-state index contributed by atoms with van der Waals surface area (Å²) in [7, 11) is 3.69. The molecular weight excluding hydrogens is 493 g/mol. The molecule has 8 nitrogen and oxygen atoms in total. The van der Waals surface area contributed by atoms with E-state index in [4.69, 9.17) is 11.6 Å². The number of unbranched alkanes of at least 4 members (excludes halogenated alkanes) is 2. The van der Waals surface area contributed by atoms with Crippen molar-refractivity contribution in [3.8, 4) is 11.3 Å². The summed E-state index contributed by atoms with van der Waals surface area (Å²) < 4.78 is 14.5. The van der Waals surface area contributed by atoms with Crippen molar-refractivity contribution in [2.24, 2.45) is 0 Å². The highest BCUT2D eigenvalue weighted by molar-refractivity contribution is 6.30. The van der Waals surface area contributed by atoms with E-state index in [0.29, 0.717) is 40.3 Å². The Morgan fingerprint density at radius 1 is 1.03 bits per heavy atom. The number of hydrogen-bond acceptors (Lipinski definition) is 7. The van der Waals surface area contributed by atoms with Gasteiger partial charge in [-0.1, -0.05) is 38.3 Å². The van der Waals surface area contributed by atoms with Gasteiger partial charge >= 0.3 is 0 Å². The fourth-order valence-corrected chi connectivity index (χ4v) is 4.09. The molecular formula is C27H35ClFN7O. The van der Waals surface area contributed by atoms with Crippen LogP contribution in [0.5, 0.6) is 0 Å². The Hall–Kier alpha value is -3.30. The molecule has 3 rings (SSSR count). The molecule has 0 saturated carbocycles. The number of halogens is 2. The predicted octanol–water partition coefficient (Wildman–Crippen LogP) is 5.98. The molecule has 3 aromatic rings. The van der Waals surface area contributed by atoms with Crippen molar-refractivity contribution < 1.29 is 9.18 Å². The van der Waals surface area contributed by atoms with Crippen LogP contribution in [0.2, 0.25) is 5.02 Å². The second-order valence-electron chi connectivity index (χ2n) is 9.07. The SMILES string of the molecule is CCCCCN(CCC)CC(=O)Nc1cc(Nc2cc(-c3cc(Cl)ccc3F)nnc2N(C)C)ccn1. The first kappa shape index (κ1) is 28.3. The molecule has 10 heteroatoms. The molecule has 0 aliphatic rings. The Morgan fingerprint density at radius 3 is 2.57 bits per heavy atom. The van der Waals surface area contributed by atoms with E-state index in [0.717, 1.165) is 38.8 Å². The molecule has 2 aromatic heterocycles. The molecule has 0 aliphatic carbocycles. The van der Waals surface area contributed by atoms with E-state index in [1.54, 1.807) is 29.3 Å². The summed E-state index contributed by atoms with van der Waals surface area (Å²) in [5.41, 5.74) is 1.90. The van der Waals surface area contributed by atoms with Crippen molar-refractivity contribution in [2.45, 2.75) is 39.5 Å². The second-order valence-corrected chi connectivity index (χ2v) is 9.51. The Bertz CT molecular complexity index is 1190. The first-order valence-corrected chi connectivity index (χ1v) is 12.9. The Kier molecular flexibility index (Phi) is 10.6. The van der Waals surface area contributed by atoms with Gasteiger partial charge in [0.15, 0.2) is 5.82 Å². The molecule has 0 bridgehead atoms. The normalized spacial score (nSPS) is 11.0. The molecule has 0 unspecified atom stereocenters. The number of benzene rings is 1. The third-order valence-corrected chi connectivity index (χ3v) is 5.93. The van der Waals surface area contributed by atoms with Gasteiger partial charge in [0.05, 0.1) is 17.9 Å². The highest BCUT2D eigenvalue weighted by atomic mass is 35.5. The number of aromatic nitrogens is 3. The maximum Gasteiger partial charge on any atom is 0.239 e. The van der Waals surface area contributed by atoms with E-state index in [-0.39, 0.29) is 11.5 Å². The monoisotopic (exact) mass is 527 g/mol. The van der Waals surface area contributed by atoms with Gasteiger partial charge in [0.25, 0.3) is 0 Å². The van der Waals surface area contributed by atoms with E-state index in [1.165, 1.54) is 18.2 Å². The van der Waals surface area contributed by atoms with E-state index < -0.39 is 5.82 Å². The topological polar surface area (TPSA) is 86.3 Å². The number of anilines is 4. The zero-order valence-electron chi connectivity index (χ0n) is 21.9. The number of rotatable bonds is 13. The molecule has 37 heavy (non-hydrogen) atoms. The number of amides is 1. The summed E-state index contributed by atoms with van der Waals surface area (Å²) in [5, 5.41) is 15.1. The maximum atomic E-state index is 14.5. The molecule has 2 heterocycles. The Morgan fingerprint density at radius 2 is 1.84 bits per heavy atom. The van der Waals surface area contributed by atoms with Crippen molar-refractivity contribution in [1.82, 2.24) is 20.1 Å². The highest BCUT2D eigenvalue weighted by Gasteiger charge is 2.15. The lowest BCUT2D eigenvalue weighted by molar-refractivity contribution is -0.117. The van der Waals surface area contributed by atoms with Crippen molar-refractivity contribution in [1.29, 1.82) is 0 Å². The molecule has 2 N–H and O–H groups in total. The van der Waals surface area contributed by atoms with Crippen molar-refractivity contribution >= 4 is 40.5 Å². The quantitative estimate of drug-likeness (QED) is 0.264. The fraction of sp³-hybridized carbons (Fsp3) is 0.407. The highest BCUT2D eigenvalue weighted by Crippen LogP contribution is 2.31. The lowest BCUT2D eigenvalue weighted by Crippen LogP contribution is -2.34. The van der Waals surface area contributed by atoms with Gasteiger partial charge in [-0.05, 0) is 56.3 Å². The van der Waals surface area contributed by atoms with Gasteiger partial charge in [-0.3, -0.25) is 9.69 Å². The van der Waals surface area contributed by atoms with Crippen LogP contribution in [0.1, 0.15) is 39.5 Å². The lowest BCUT2D eigenvalue weighted by Gasteiger charge is -2.21. The molecule has 0 atom stereocenters. The number of nitrogens with zero attached hydrogens (tertiary/aromatic N) is 5. The molecule has 0 spiro atoms.